The Morgan fingerprint density at radius 2 is 2.08 bits per heavy atom. The lowest BCUT2D eigenvalue weighted by Crippen LogP contribution is -2.21. The molecule has 0 fully saturated rings. The fourth-order valence-electron chi connectivity index (χ4n) is 1.01. The van der Waals surface area contributed by atoms with Crippen LogP contribution in [-0.4, -0.2) is 19.1 Å². The molecule has 3 nitrogen and oxygen atoms in total. The highest BCUT2D eigenvalue weighted by Gasteiger charge is 2.20. The summed E-state index contributed by atoms with van der Waals surface area (Å²) in [7, 11) is 3.54. The van der Waals surface area contributed by atoms with Gasteiger partial charge in [-0.15, -0.1) is 0 Å². The molecule has 0 aromatic carbocycles. The molecule has 0 aliphatic rings. The van der Waals surface area contributed by atoms with Crippen LogP contribution in [0.4, 0.5) is 5.82 Å². The third-order valence-electron chi connectivity index (χ3n) is 2.13. The highest BCUT2D eigenvalue weighted by molar-refractivity contribution is 5.35. The zero-order chi connectivity index (χ0) is 9.90. The standard InChI is InChI=1S/C10H16N2O/c1-10(2,13-4)8-6-5-7-9(11-3)12-8/h5-7H,1-4H3,(H,11,12). The van der Waals surface area contributed by atoms with Crippen molar-refractivity contribution in [3.05, 3.63) is 23.9 Å². The van der Waals surface area contributed by atoms with Crippen molar-refractivity contribution in [2.45, 2.75) is 19.4 Å². The third-order valence-corrected chi connectivity index (χ3v) is 2.13. The van der Waals surface area contributed by atoms with Gasteiger partial charge in [0, 0.05) is 14.2 Å². The first kappa shape index (κ1) is 9.99. The van der Waals surface area contributed by atoms with Crippen LogP contribution in [0, 0.1) is 0 Å². The van der Waals surface area contributed by atoms with E-state index in [0.29, 0.717) is 0 Å². The summed E-state index contributed by atoms with van der Waals surface area (Å²) in [6, 6.07) is 5.86. The molecule has 1 aromatic heterocycles. The molecule has 0 saturated heterocycles. The summed E-state index contributed by atoms with van der Waals surface area (Å²) in [4.78, 5) is 4.40. The Hall–Kier alpha value is -1.09. The van der Waals surface area contributed by atoms with Crippen molar-refractivity contribution in [3.63, 3.8) is 0 Å². The van der Waals surface area contributed by atoms with Crippen LogP contribution in [0.1, 0.15) is 19.5 Å². The van der Waals surface area contributed by atoms with Gasteiger partial charge in [-0.2, -0.15) is 0 Å². The largest absolute Gasteiger partial charge is 0.373 e. The summed E-state index contributed by atoms with van der Waals surface area (Å²) in [5.74, 6) is 0.864. The van der Waals surface area contributed by atoms with Crippen molar-refractivity contribution < 1.29 is 4.74 Å². The average Bonchev–Trinajstić information content (AvgIpc) is 2.18. The minimum absolute atomic E-state index is 0.327. The van der Waals surface area contributed by atoms with Gasteiger partial charge < -0.3 is 10.1 Å². The quantitative estimate of drug-likeness (QED) is 0.772. The first-order valence-corrected chi connectivity index (χ1v) is 4.30. The first-order valence-electron chi connectivity index (χ1n) is 4.30. The predicted octanol–water partition coefficient (Wildman–Crippen LogP) is 2.00. The molecule has 0 amide bonds. The van der Waals surface area contributed by atoms with E-state index >= 15 is 0 Å². The second kappa shape index (κ2) is 3.75. The lowest BCUT2D eigenvalue weighted by Gasteiger charge is -2.22. The van der Waals surface area contributed by atoms with Gasteiger partial charge in [0.1, 0.15) is 11.4 Å². The molecular formula is C10H16N2O. The number of rotatable bonds is 3. The van der Waals surface area contributed by atoms with Gasteiger partial charge in [-0.05, 0) is 26.0 Å². The summed E-state index contributed by atoms with van der Waals surface area (Å²) in [6.45, 7) is 3.99. The second-order valence-corrected chi connectivity index (χ2v) is 3.37. The number of aromatic nitrogens is 1. The van der Waals surface area contributed by atoms with Crippen molar-refractivity contribution in [2.75, 3.05) is 19.5 Å². The highest BCUT2D eigenvalue weighted by atomic mass is 16.5. The topological polar surface area (TPSA) is 34.1 Å². The van der Waals surface area contributed by atoms with E-state index in [0.717, 1.165) is 11.5 Å². The van der Waals surface area contributed by atoms with Gasteiger partial charge in [-0.25, -0.2) is 4.98 Å². The van der Waals surface area contributed by atoms with E-state index in [-0.39, 0.29) is 5.60 Å². The summed E-state index contributed by atoms with van der Waals surface area (Å²) < 4.78 is 5.33. The second-order valence-electron chi connectivity index (χ2n) is 3.37. The molecule has 0 unspecified atom stereocenters. The van der Waals surface area contributed by atoms with Gasteiger partial charge in [0.05, 0.1) is 5.69 Å². The van der Waals surface area contributed by atoms with Crippen molar-refractivity contribution in [2.24, 2.45) is 0 Å². The van der Waals surface area contributed by atoms with Gasteiger partial charge in [-0.1, -0.05) is 6.07 Å². The van der Waals surface area contributed by atoms with Crippen molar-refractivity contribution >= 4 is 5.82 Å². The molecule has 0 saturated carbocycles. The normalized spacial score (nSPS) is 11.4. The fourth-order valence-corrected chi connectivity index (χ4v) is 1.01. The molecule has 0 aliphatic heterocycles. The number of pyridine rings is 1. The van der Waals surface area contributed by atoms with Gasteiger partial charge in [0.15, 0.2) is 0 Å². The smallest absolute Gasteiger partial charge is 0.126 e. The van der Waals surface area contributed by atoms with Crippen LogP contribution < -0.4 is 5.32 Å². The molecule has 72 valence electrons. The van der Waals surface area contributed by atoms with Crippen LogP contribution in [0.2, 0.25) is 0 Å². The zero-order valence-electron chi connectivity index (χ0n) is 8.59. The molecule has 0 spiro atoms. The Morgan fingerprint density at radius 3 is 2.62 bits per heavy atom. The molecular weight excluding hydrogens is 164 g/mol. The van der Waals surface area contributed by atoms with E-state index in [2.05, 4.69) is 10.3 Å². The fraction of sp³-hybridized carbons (Fsp3) is 0.500. The molecule has 13 heavy (non-hydrogen) atoms. The Balaban J connectivity index is 3.01. The maximum Gasteiger partial charge on any atom is 0.126 e. The number of nitrogens with one attached hydrogen (secondary N) is 1. The molecule has 0 bridgehead atoms. The zero-order valence-corrected chi connectivity index (χ0v) is 8.59. The van der Waals surface area contributed by atoms with Crippen LogP contribution in [0.3, 0.4) is 0 Å². The van der Waals surface area contributed by atoms with Crippen molar-refractivity contribution in [3.8, 4) is 0 Å². The molecule has 0 aliphatic carbocycles. The molecule has 1 rings (SSSR count). The predicted molar refractivity (Wildman–Crippen MR) is 53.8 cm³/mol. The van der Waals surface area contributed by atoms with Gasteiger partial charge in [-0.3, -0.25) is 0 Å². The molecule has 0 radical (unpaired) electrons. The van der Waals surface area contributed by atoms with E-state index in [1.807, 2.05) is 39.1 Å². The van der Waals surface area contributed by atoms with Gasteiger partial charge in [0.2, 0.25) is 0 Å². The van der Waals surface area contributed by atoms with Crippen LogP contribution in [-0.2, 0) is 10.3 Å². The number of anilines is 1. The summed E-state index contributed by atoms with van der Waals surface area (Å²) in [5.41, 5.74) is 0.606. The molecule has 1 aromatic rings. The number of hydrogen-bond acceptors (Lipinski definition) is 3. The number of ether oxygens (including phenoxy) is 1. The Bertz CT molecular complexity index is 284. The minimum atomic E-state index is -0.327. The molecule has 1 N–H and O–H groups in total. The molecule has 3 heteroatoms. The average molecular weight is 180 g/mol. The van der Waals surface area contributed by atoms with E-state index in [9.17, 15) is 0 Å². The number of methoxy groups -OCH3 is 1. The summed E-state index contributed by atoms with van der Waals surface area (Å²) in [5, 5.41) is 3.00. The van der Waals surface area contributed by atoms with Crippen molar-refractivity contribution in [1.82, 2.24) is 4.98 Å². The third kappa shape index (κ3) is 2.18. The van der Waals surface area contributed by atoms with Crippen LogP contribution >= 0.6 is 0 Å². The Morgan fingerprint density at radius 1 is 1.38 bits per heavy atom. The number of hydrogen-bond donors (Lipinski definition) is 1. The molecule has 1 heterocycles. The van der Waals surface area contributed by atoms with Crippen LogP contribution in [0.5, 0.6) is 0 Å². The molecule has 0 atom stereocenters. The minimum Gasteiger partial charge on any atom is -0.373 e. The van der Waals surface area contributed by atoms with Gasteiger partial charge in [0.25, 0.3) is 0 Å². The van der Waals surface area contributed by atoms with E-state index in [1.165, 1.54) is 0 Å². The number of nitrogens with zero attached hydrogens (tertiary/aromatic N) is 1. The first-order chi connectivity index (χ1) is 6.10. The lowest BCUT2D eigenvalue weighted by molar-refractivity contribution is 0.0156. The van der Waals surface area contributed by atoms with Crippen LogP contribution in [0.15, 0.2) is 18.2 Å². The van der Waals surface area contributed by atoms with Gasteiger partial charge >= 0.3 is 0 Å². The van der Waals surface area contributed by atoms with Crippen LogP contribution in [0.25, 0.3) is 0 Å². The maximum atomic E-state index is 5.33. The van der Waals surface area contributed by atoms with Crippen molar-refractivity contribution in [1.29, 1.82) is 0 Å². The Labute approximate surface area is 79.1 Å². The monoisotopic (exact) mass is 180 g/mol. The summed E-state index contributed by atoms with van der Waals surface area (Å²) >= 11 is 0. The highest BCUT2D eigenvalue weighted by Crippen LogP contribution is 2.22. The maximum absolute atomic E-state index is 5.33. The van der Waals surface area contributed by atoms with E-state index < -0.39 is 0 Å². The van der Waals surface area contributed by atoms with E-state index in [1.54, 1.807) is 7.11 Å². The Kier molecular flexibility index (Phi) is 2.88. The lowest BCUT2D eigenvalue weighted by atomic mass is 10.0. The van der Waals surface area contributed by atoms with E-state index in [4.69, 9.17) is 4.74 Å². The summed E-state index contributed by atoms with van der Waals surface area (Å²) in [6.07, 6.45) is 0. The SMILES string of the molecule is CNc1cccc(C(C)(C)OC)n1.